The fourth-order valence-corrected chi connectivity index (χ4v) is 3.26. The average Bonchev–Trinajstić information content (AvgIpc) is 2.95. The van der Waals surface area contributed by atoms with Crippen LogP contribution in [-0.4, -0.2) is 29.1 Å². The summed E-state index contributed by atoms with van der Waals surface area (Å²) in [5.41, 5.74) is 3.28. The molecule has 0 unspecified atom stereocenters. The molecule has 1 fully saturated rings. The van der Waals surface area contributed by atoms with E-state index >= 15 is 0 Å². The second-order valence-electron chi connectivity index (χ2n) is 7.05. The number of amides is 1. The average molecular weight is 342 g/mol. The van der Waals surface area contributed by atoms with E-state index in [2.05, 4.69) is 12.1 Å². The van der Waals surface area contributed by atoms with Crippen molar-refractivity contribution in [2.45, 2.75) is 47.1 Å². The molecule has 3 rings (SSSR count). The molecule has 0 bridgehead atoms. The number of aryl methyl sites for hydroxylation is 3. The summed E-state index contributed by atoms with van der Waals surface area (Å²) in [6.07, 6.45) is 2.08. The summed E-state index contributed by atoms with van der Waals surface area (Å²) in [6.45, 7) is 9.93. The minimum absolute atomic E-state index is 0.0520. The van der Waals surface area contributed by atoms with Gasteiger partial charge in [0, 0.05) is 13.1 Å². The highest BCUT2D eigenvalue weighted by molar-refractivity contribution is 5.93. The molecular weight excluding hydrogens is 316 g/mol. The summed E-state index contributed by atoms with van der Waals surface area (Å²) in [4.78, 5) is 14.7. The summed E-state index contributed by atoms with van der Waals surface area (Å²) in [6, 6.07) is 6.04. The van der Waals surface area contributed by atoms with Gasteiger partial charge in [0.25, 0.3) is 5.91 Å². The van der Waals surface area contributed by atoms with Gasteiger partial charge in [-0.2, -0.15) is 0 Å². The lowest BCUT2D eigenvalue weighted by Crippen LogP contribution is -2.38. The van der Waals surface area contributed by atoms with Crippen molar-refractivity contribution in [1.29, 1.82) is 0 Å². The number of nitrogens with zero attached hydrogens (tertiary/aromatic N) is 2. The maximum Gasteiger partial charge on any atom is 0.276 e. The predicted octanol–water partition coefficient (Wildman–Crippen LogP) is 4.05. The Kier molecular flexibility index (Phi) is 5.11. The summed E-state index contributed by atoms with van der Waals surface area (Å²) < 4.78 is 11.3. The van der Waals surface area contributed by atoms with E-state index in [1.807, 2.05) is 43.9 Å². The lowest BCUT2D eigenvalue weighted by atomic mass is 9.99. The highest BCUT2D eigenvalue weighted by Gasteiger charge is 2.27. The Hall–Kier alpha value is -2.30. The van der Waals surface area contributed by atoms with Crippen LogP contribution in [0.3, 0.4) is 0 Å². The highest BCUT2D eigenvalue weighted by Crippen LogP contribution is 2.26. The number of hydrogen-bond donors (Lipinski definition) is 0. The number of hydrogen-bond acceptors (Lipinski definition) is 4. The number of ether oxygens (including phenoxy) is 1. The third-order valence-electron chi connectivity index (χ3n) is 5.03. The van der Waals surface area contributed by atoms with Crippen LogP contribution in [0.1, 0.15) is 52.7 Å². The molecule has 1 aromatic heterocycles. The van der Waals surface area contributed by atoms with Crippen LogP contribution >= 0.6 is 0 Å². The van der Waals surface area contributed by atoms with Crippen molar-refractivity contribution in [2.75, 3.05) is 13.1 Å². The van der Waals surface area contributed by atoms with Gasteiger partial charge in [0.1, 0.15) is 18.1 Å². The molecule has 1 saturated heterocycles. The van der Waals surface area contributed by atoms with E-state index in [-0.39, 0.29) is 12.5 Å². The number of aromatic nitrogens is 1. The van der Waals surface area contributed by atoms with Crippen LogP contribution in [0.25, 0.3) is 0 Å². The molecule has 0 atom stereocenters. The van der Waals surface area contributed by atoms with Gasteiger partial charge >= 0.3 is 0 Å². The number of para-hydroxylation sites is 1. The molecule has 1 amide bonds. The number of piperidine rings is 1. The maximum absolute atomic E-state index is 12.8. The summed E-state index contributed by atoms with van der Waals surface area (Å²) in [5, 5.41) is 4.02. The minimum atomic E-state index is -0.0520. The topological polar surface area (TPSA) is 55.6 Å². The Labute approximate surface area is 148 Å². The van der Waals surface area contributed by atoms with Crippen molar-refractivity contribution in [3.8, 4) is 5.75 Å². The molecule has 25 heavy (non-hydrogen) atoms. The van der Waals surface area contributed by atoms with Crippen LogP contribution in [0.2, 0.25) is 0 Å². The van der Waals surface area contributed by atoms with Crippen molar-refractivity contribution in [3.05, 3.63) is 46.3 Å². The predicted molar refractivity (Wildman–Crippen MR) is 95.8 cm³/mol. The van der Waals surface area contributed by atoms with Gasteiger partial charge in [0.15, 0.2) is 5.69 Å². The first-order chi connectivity index (χ1) is 12.0. The molecule has 2 aromatic rings. The van der Waals surface area contributed by atoms with Crippen LogP contribution in [0, 0.1) is 26.7 Å². The lowest BCUT2D eigenvalue weighted by molar-refractivity contribution is 0.0684. The second kappa shape index (κ2) is 7.30. The number of carbonyl (C=O) groups is 1. The van der Waals surface area contributed by atoms with Crippen molar-refractivity contribution < 1.29 is 14.1 Å². The molecule has 1 aliphatic rings. The molecular formula is C20H26N2O3. The van der Waals surface area contributed by atoms with E-state index in [1.165, 1.54) is 0 Å². The smallest absolute Gasteiger partial charge is 0.276 e. The molecule has 0 aliphatic carbocycles. The van der Waals surface area contributed by atoms with Gasteiger partial charge in [-0.15, -0.1) is 0 Å². The highest BCUT2D eigenvalue weighted by atomic mass is 16.5. The number of benzene rings is 1. The molecule has 1 aliphatic heterocycles. The van der Waals surface area contributed by atoms with Crippen LogP contribution in [-0.2, 0) is 6.61 Å². The quantitative estimate of drug-likeness (QED) is 0.841. The fourth-order valence-electron chi connectivity index (χ4n) is 3.26. The summed E-state index contributed by atoms with van der Waals surface area (Å²) in [5.74, 6) is 2.12. The van der Waals surface area contributed by atoms with E-state index in [9.17, 15) is 4.79 Å². The Bertz CT molecular complexity index is 738. The van der Waals surface area contributed by atoms with Gasteiger partial charge in [-0.3, -0.25) is 4.79 Å². The van der Waals surface area contributed by atoms with Crippen molar-refractivity contribution in [2.24, 2.45) is 5.92 Å². The van der Waals surface area contributed by atoms with E-state index < -0.39 is 0 Å². The van der Waals surface area contributed by atoms with Gasteiger partial charge in [0.05, 0.1) is 5.56 Å². The lowest BCUT2D eigenvalue weighted by Gasteiger charge is -2.29. The summed E-state index contributed by atoms with van der Waals surface area (Å²) in [7, 11) is 0. The molecule has 134 valence electrons. The van der Waals surface area contributed by atoms with Crippen LogP contribution in [0.4, 0.5) is 0 Å². The minimum Gasteiger partial charge on any atom is -0.488 e. The standard InChI is InChI=1S/C20H26N2O3/c1-13-8-10-22(11-9-13)20(23)18-17(16(4)25-21-18)12-24-19-14(2)6-5-7-15(19)3/h5-7,13H,8-12H2,1-4H3. The summed E-state index contributed by atoms with van der Waals surface area (Å²) >= 11 is 0. The van der Waals surface area contributed by atoms with Gasteiger partial charge in [-0.25, -0.2) is 0 Å². The Balaban J connectivity index is 1.77. The Morgan fingerprint density at radius 1 is 1.24 bits per heavy atom. The third-order valence-corrected chi connectivity index (χ3v) is 5.03. The monoisotopic (exact) mass is 342 g/mol. The molecule has 2 heterocycles. The van der Waals surface area contributed by atoms with E-state index in [0.717, 1.165) is 48.4 Å². The first kappa shape index (κ1) is 17.5. The molecule has 0 spiro atoms. The zero-order valence-corrected chi connectivity index (χ0v) is 15.5. The zero-order valence-electron chi connectivity index (χ0n) is 15.5. The molecule has 5 heteroatoms. The number of carbonyl (C=O) groups excluding carboxylic acids is 1. The zero-order chi connectivity index (χ0) is 18.0. The van der Waals surface area contributed by atoms with Gasteiger partial charge in [-0.1, -0.05) is 30.3 Å². The first-order valence-corrected chi connectivity index (χ1v) is 8.90. The normalized spacial score (nSPS) is 15.4. The Morgan fingerprint density at radius 2 is 1.88 bits per heavy atom. The number of rotatable bonds is 4. The van der Waals surface area contributed by atoms with Crippen LogP contribution in [0.5, 0.6) is 5.75 Å². The fraction of sp³-hybridized carbons (Fsp3) is 0.500. The molecule has 0 radical (unpaired) electrons. The van der Waals surface area contributed by atoms with Crippen molar-refractivity contribution in [3.63, 3.8) is 0 Å². The SMILES string of the molecule is Cc1cccc(C)c1OCc1c(C(=O)N2CCC(C)CC2)noc1C. The van der Waals surface area contributed by atoms with Gasteiger partial charge in [0.2, 0.25) is 0 Å². The van der Waals surface area contributed by atoms with Crippen molar-refractivity contribution >= 4 is 5.91 Å². The molecule has 0 N–H and O–H groups in total. The molecule has 5 nitrogen and oxygen atoms in total. The van der Waals surface area contributed by atoms with E-state index in [1.54, 1.807) is 0 Å². The Morgan fingerprint density at radius 3 is 2.52 bits per heavy atom. The van der Waals surface area contributed by atoms with E-state index in [0.29, 0.717) is 17.4 Å². The largest absolute Gasteiger partial charge is 0.488 e. The second-order valence-corrected chi connectivity index (χ2v) is 7.05. The maximum atomic E-state index is 12.8. The van der Waals surface area contributed by atoms with Crippen molar-refractivity contribution in [1.82, 2.24) is 10.1 Å². The first-order valence-electron chi connectivity index (χ1n) is 8.90. The van der Waals surface area contributed by atoms with Gasteiger partial charge < -0.3 is 14.2 Å². The molecule has 1 aromatic carbocycles. The van der Waals surface area contributed by atoms with Crippen LogP contribution in [0.15, 0.2) is 22.7 Å². The van der Waals surface area contributed by atoms with Gasteiger partial charge in [-0.05, 0) is 50.7 Å². The molecule has 0 saturated carbocycles. The van der Waals surface area contributed by atoms with E-state index in [4.69, 9.17) is 9.26 Å². The number of likely N-dealkylation sites (tertiary alicyclic amines) is 1. The third kappa shape index (κ3) is 3.70. The van der Waals surface area contributed by atoms with Crippen LogP contribution < -0.4 is 4.74 Å².